The fraction of sp³-hybridized carbons (Fsp3) is 0.250. The van der Waals surface area contributed by atoms with Crippen molar-refractivity contribution in [3.8, 4) is 0 Å². The number of rotatable bonds is 5. The van der Waals surface area contributed by atoms with Gasteiger partial charge in [-0.2, -0.15) is 0 Å². The van der Waals surface area contributed by atoms with Gasteiger partial charge in [0.05, 0.1) is 5.57 Å². The van der Waals surface area contributed by atoms with E-state index in [4.69, 9.17) is 0 Å². The van der Waals surface area contributed by atoms with E-state index < -0.39 is 5.78 Å². The second-order valence-corrected chi connectivity index (χ2v) is 2.94. The second-order valence-electron chi connectivity index (χ2n) is 2.94. The predicted molar refractivity (Wildman–Crippen MR) is 58.4 cm³/mol. The van der Waals surface area contributed by atoms with Gasteiger partial charge in [0.25, 0.3) is 0 Å². The zero-order valence-electron chi connectivity index (χ0n) is 9.11. The molecule has 0 aromatic carbocycles. The van der Waals surface area contributed by atoms with E-state index in [-0.39, 0.29) is 16.9 Å². The van der Waals surface area contributed by atoms with E-state index in [1.54, 1.807) is 18.2 Å². The highest BCUT2D eigenvalue weighted by Gasteiger charge is 2.11. The molecule has 0 aromatic rings. The number of ketones is 2. The summed E-state index contributed by atoms with van der Waals surface area (Å²) in [5, 5.41) is 0. The Morgan fingerprint density at radius 1 is 0.933 bits per heavy atom. The molecule has 3 nitrogen and oxygen atoms in total. The Morgan fingerprint density at radius 2 is 1.47 bits per heavy atom. The molecule has 0 radical (unpaired) electrons. The Kier molecular flexibility index (Phi) is 5.86. The molecule has 0 saturated heterocycles. The van der Waals surface area contributed by atoms with Crippen molar-refractivity contribution in [3.63, 3.8) is 0 Å². The zero-order chi connectivity index (χ0) is 11.8. The van der Waals surface area contributed by atoms with Crippen LogP contribution in [0.3, 0.4) is 0 Å². The lowest BCUT2D eigenvalue weighted by atomic mass is 10.0. The minimum absolute atomic E-state index is 0.0803. The summed E-state index contributed by atoms with van der Waals surface area (Å²) in [5.74, 6) is -0.701. The van der Waals surface area contributed by atoms with Gasteiger partial charge in [-0.1, -0.05) is 24.3 Å². The lowest BCUT2D eigenvalue weighted by Crippen LogP contribution is -2.07. The van der Waals surface area contributed by atoms with Crippen molar-refractivity contribution in [3.05, 3.63) is 35.5 Å². The highest BCUT2D eigenvalue weighted by Crippen LogP contribution is 2.07. The van der Waals surface area contributed by atoms with Crippen LogP contribution in [0.1, 0.15) is 20.8 Å². The molecule has 0 bridgehead atoms. The van der Waals surface area contributed by atoms with E-state index in [1.165, 1.54) is 19.9 Å². The van der Waals surface area contributed by atoms with Gasteiger partial charge in [0.2, 0.25) is 0 Å². The first-order chi connectivity index (χ1) is 7.04. The lowest BCUT2D eigenvalue weighted by Gasteiger charge is -1.99. The van der Waals surface area contributed by atoms with E-state index in [1.807, 2.05) is 6.92 Å². The van der Waals surface area contributed by atoms with E-state index in [9.17, 15) is 14.4 Å². The SMILES string of the molecule is CC=CC=CC(C(C)=O)=C(C=O)C(C)=O. The molecule has 80 valence electrons. The van der Waals surface area contributed by atoms with E-state index in [2.05, 4.69) is 0 Å². The first-order valence-electron chi connectivity index (χ1n) is 4.55. The fourth-order valence-corrected chi connectivity index (χ4v) is 0.996. The summed E-state index contributed by atoms with van der Waals surface area (Å²) < 4.78 is 0. The van der Waals surface area contributed by atoms with Crippen molar-refractivity contribution in [2.24, 2.45) is 0 Å². The van der Waals surface area contributed by atoms with Gasteiger partial charge in [-0.05, 0) is 20.8 Å². The molecular weight excluding hydrogens is 192 g/mol. The number of hydrogen-bond acceptors (Lipinski definition) is 3. The molecule has 0 aliphatic carbocycles. The first kappa shape index (κ1) is 13.2. The van der Waals surface area contributed by atoms with Crippen LogP contribution in [0, 0.1) is 0 Å². The minimum Gasteiger partial charge on any atom is -0.298 e. The molecule has 0 rings (SSSR count). The van der Waals surface area contributed by atoms with Crippen LogP contribution in [0.4, 0.5) is 0 Å². The average molecular weight is 206 g/mol. The van der Waals surface area contributed by atoms with Crippen molar-refractivity contribution in [2.45, 2.75) is 20.8 Å². The minimum atomic E-state index is -0.402. The summed E-state index contributed by atoms with van der Waals surface area (Å²) >= 11 is 0. The van der Waals surface area contributed by atoms with Gasteiger partial charge in [0.1, 0.15) is 0 Å². The lowest BCUT2D eigenvalue weighted by molar-refractivity contribution is -0.118. The van der Waals surface area contributed by atoms with Gasteiger partial charge >= 0.3 is 0 Å². The van der Waals surface area contributed by atoms with Crippen LogP contribution in [-0.4, -0.2) is 17.9 Å². The van der Waals surface area contributed by atoms with Gasteiger partial charge in [0.15, 0.2) is 17.9 Å². The molecule has 0 unspecified atom stereocenters. The largest absolute Gasteiger partial charge is 0.298 e. The Balaban J connectivity index is 5.35. The molecule has 3 heteroatoms. The van der Waals surface area contributed by atoms with Crippen molar-refractivity contribution >= 4 is 17.9 Å². The van der Waals surface area contributed by atoms with Crippen LogP contribution < -0.4 is 0 Å². The molecule has 0 fully saturated rings. The Morgan fingerprint density at radius 3 is 1.80 bits per heavy atom. The van der Waals surface area contributed by atoms with Gasteiger partial charge in [-0.15, -0.1) is 0 Å². The second kappa shape index (κ2) is 6.65. The van der Waals surface area contributed by atoms with Crippen LogP contribution >= 0.6 is 0 Å². The van der Waals surface area contributed by atoms with Crippen molar-refractivity contribution in [2.75, 3.05) is 0 Å². The van der Waals surface area contributed by atoms with E-state index >= 15 is 0 Å². The molecule has 0 atom stereocenters. The van der Waals surface area contributed by atoms with Crippen LogP contribution in [0.5, 0.6) is 0 Å². The van der Waals surface area contributed by atoms with Crippen LogP contribution in [-0.2, 0) is 14.4 Å². The summed E-state index contributed by atoms with van der Waals surface area (Å²) in [5.41, 5.74) is 0.0684. The first-order valence-corrected chi connectivity index (χ1v) is 4.55. The van der Waals surface area contributed by atoms with Gasteiger partial charge < -0.3 is 0 Å². The molecule has 0 amide bonds. The van der Waals surface area contributed by atoms with Gasteiger partial charge in [0, 0.05) is 5.57 Å². The van der Waals surface area contributed by atoms with E-state index in [0.717, 1.165) is 0 Å². The Hall–Kier alpha value is -1.77. The molecule has 0 N–H and O–H groups in total. The maximum atomic E-state index is 11.2. The average Bonchev–Trinajstić information content (AvgIpc) is 2.16. The maximum Gasteiger partial charge on any atom is 0.163 e. The van der Waals surface area contributed by atoms with Crippen LogP contribution in [0.2, 0.25) is 0 Å². The van der Waals surface area contributed by atoms with Crippen molar-refractivity contribution in [1.29, 1.82) is 0 Å². The maximum absolute atomic E-state index is 11.2. The Bertz CT molecular complexity index is 357. The quantitative estimate of drug-likeness (QED) is 0.226. The predicted octanol–water partition coefficient (Wildman–Crippen LogP) is 1.79. The standard InChI is InChI=1S/C12H14O3/c1-4-5-6-7-11(9(2)14)12(8-13)10(3)15/h4-8H,1-3H3. The van der Waals surface area contributed by atoms with Gasteiger partial charge in [-0.3, -0.25) is 14.4 Å². The Labute approximate surface area is 89.2 Å². The normalized spacial score (nSPS) is 13.0. The zero-order valence-corrected chi connectivity index (χ0v) is 9.11. The molecule has 0 spiro atoms. The summed E-state index contributed by atoms with van der Waals surface area (Å²) in [6.45, 7) is 4.41. The molecule has 15 heavy (non-hydrogen) atoms. The fourth-order valence-electron chi connectivity index (χ4n) is 0.996. The molecule has 0 saturated carbocycles. The molecule has 0 aromatic heterocycles. The third kappa shape index (κ3) is 4.31. The van der Waals surface area contributed by atoms with Crippen LogP contribution in [0.25, 0.3) is 0 Å². The number of aldehydes is 1. The summed E-state index contributed by atoms with van der Waals surface area (Å²) in [7, 11) is 0. The number of Topliss-reactive ketones (excluding diaryl/α,β-unsaturated/α-hetero) is 2. The third-order valence-electron chi connectivity index (χ3n) is 1.73. The van der Waals surface area contributed by atoms with Crippen LogP contribution in [0.15, 0.2) is 35.5 Å². The third-order valence-corrected chi connectivity index (χ3v) is 1.73. The highest BCUT2D eigenvalue weighted by molar-refractivity contribution is 6.17. The van der Waals surface area contributed by atoms with Crippen molar-refractivity contribution < 1.29 is 14.4 Å². The number of allylic oxidation sites excluding steroid dienone is 6. The highest BCUT2D eigenvalue weighted by atomic mass is 16.1. The topological polar surface area (TPSA) is 51.2 Å². The smallest absolute Gasteiger partial charge is 0.163 e. The molecule has 0 aliphatic heterocycles. The monoisotopic (exact) mass is 206 g/mol. The summed E-state index contributed by atoms with van der Waals surface area (Å²) in [4.78, 5) is 32.9. The summed E-state index contributed by atoms with van der Waals surface area (Å²) in [6.07, 6.45) is 6.99. The summed E-state index contributed by atoms with van der Waals surface area (Å²) in [6, 6.07) is 0. The number of hydrogen-bond donors (Lipinski definition) is 0. The molecule has 0 heterocycles. The number of carbonyl (C=O) groups excluding carboxylic acids is 3. The number of carbonyl (C=O) groups is 3. The van der Waals surface area contributed by atoms with Gasteiger partial charge in [-0.25, -0.2) is 0 Å². The molecule has 0 aliphatic rings. The van der Waals surface area contributed by atoms with Crippen molar-refractivity contribution in [1.82, 2.24) is 0 Å². The van der Waals surface area contributed by atoms with E-state index in [0.29, 0.717) is 6.29 Å². The molecular formula is C12H14O3.